The van der Waals surface area contributed by atoms with Crippen molar-refractivity contribution in [1.29, 1.82) is 0 Å². The van der Waals surface area contributed by atoms with Crippen molar-refractivity contribution in [2.45, 2.75) is 17.9 Å². The number of piperazine rings is 1. The Morgan fingerprint density at radius 2 is 2.17 bits per heavy atom. The molecule has 1 atom stereocenters. The van der Waals surface area contributed by atoms with Gasteiger partial charge in [0.15, 0.2) is 0 Å². The topological polar surface area (TPSA) is 76.5 Å². The zero-order valence-electron chi connectivity index (χ0n) is 14.1. The number of hydrogen-bond acceptors (Lipinski definition) is 5. The van der Waals surface area contributed by atoms with E-state index in [4.69, 9.17) is 4.74 Å². The van der Waals surface area contributed by atoms with Gasteiger partial charge in [-0.05, 0) is 24.6 Å². The van der Waals surface area contributed by atoms with E-state index >= 15 is 0 Å². The van der Waals surface area contributed by atoms with E-state index in [1.807, 2.05) is 30.8 Å². The fourth-order valence-corrected chi connectivity index (χ4v) is 4.83. The predicted molar refractivity (Wildman–Crippen MR) is 90.4 cm³/mol. The van der Waals surface area contributed by atoms with E-state index in [0.29, 0.717) is 25.4 Å². The molecule has 1 saturated heterocycles. The van der Waals surface area contributed by atoms with Crippen LogP contribution >= 0.6 is 0 Å². The summed E-state index contributed by atoms with van der Waals surface area (Å²) in [6.07, 6.45) is 3.50. The summed E-state index contributed by atoms with van der Waals surface area (Å²) in [4.78, 5) is 4.54. The molecule has 0 bridgehead atoms. The van der Waals surface area contributed by atoms with Crippen LogP contribution in [0.15, 0.2) is 35.5 Å². The number of hydrogen-bond donors (Lipinski definition) is 1. The minimum atomic E-state index is -3.70. The molecule has 1 unspecified atom stereocenters. The summed E-state index contributed by atoms with van der Waals surface area (Å²) in [6, 6.07) is 4.84. The number of nitrogens with one attached hydrogen (secondary N) is 1. The summed E-state index contributed by atoms with van der Waals surface area (Å²) >= 11 is 0. The summed E-state index contributed by atoms with van der Waals surface area (Å²) in [7, 11) is -0.350. The van der Waals surface area contributed by atoms with Gasteiger partial charge < -0.3 is 14.6 Å². The summed E-state index contributed by atoms with van der Waals surface area (Å²) in [6.45, 7) is 3.38. The Morgan fingerprint density at radius 1 is 1.38 bits per heavy atom. The van der Waals surface area contributed by atoms with Crippen molar-refractivity contribution in [3.8, 4) is 5.75 Å². The van der Waals surface area contributed by atoms with Gasteiger partial charge in [-0.2, -0.15) is 4.31 Å². The normalized spacial score (nSPS) is 19.4. The van der Waals surface area contributed by atoms with Crippen molar-refractivity contribution in [3.05, 3.63) is 42.0 Å². The molecule has 130 valence electrons. The van der Waals surface area contributed by atoms with E-state index in [-0.39, 0.29) is 10.9 Å². The number of imidazole rings is 1. The average molecular weight is 350 g/mol. The lowest BCUT2D eigenvalue weighted by atomic mass is 10.2. The Labute approximate surface area is 142 Å². The Hall–Kier alpha value is -1.90. The Kier molecular flexibility index (Phi) is 4.62. The highest BCUT2D eigenvalue weighted by molar-refractivity contribution is 7.89. The highest BCUT2D eigenvalue weighted by Crippen LogP contribution is 2.33. The van der Waals surface area contributed by atoms with E-state index in [2.05, 4.69) is 10.3 Å². The summed E-state index contributed by atoms with van der Waals surface area (Å²) in [5.41, 5.74) is 0.873. The quantitative estimate of drug-likeness (QED) is 0.893. The second-order valence-electron chi connectivity index (χ2n) is 5.89. The third-order valence-corrected chi connectivity index (χ3v) is 6.19. The van der Waals surface area contributed by atoms with Crippen molar-refractivity contribution in [2.24, 2.45) is 7.05 Å². The molecule has 1 fully saturated rings. The van der Waals surface area contributed by atoms with Crippen LogP contribution in [0.3, 0.4) is 0 Å². The number of methoxy groups -OCH3 is 1. The Balaban J connectivity index is 2.07. The van der Waals surface area contributed by atoms with E-state index in [1.54, 1.807) is 18.3 Å². The van der Waals surface area contributed by atoms with Crippen molar-refractivity contribution in [3.63, 3.8) is 0 Å². The second kappa shape index (κ2) is 6.54. The molecule has 1 aromatic carbocycles. The Bertz CT molecular complexity index is 832. The van der Waals surface area contributed by atoms with Crippen LogP contribution in [-0.4, -0.2) is 49.0 Å². The van der Waals surface area contributed by atoms with Gasteiger partial charge in [0.25, 0.3) is 0 Å². The first kappa shape index (κ1) is 16.9. The fraction of sp³-hybridized carbons (Fsp3) is 0.438. The summed E-state index contributed by atoms with van der Waals surface area (Å²) < 4.78 is 35.3. The molecule has 0 amide bonds. The number of ether oxygens (including phenoxy) is 1. The van der Waals surface area contributed by atoms with Gasteiger partial charge in [0.05, 0.1) is 13.2 Å². The third-order valence-electron chi connectivity index (χ3n) is 4.26. The first-order valence-electron chi connectivity index (χ1n) is 7.79. The van der Waals surface area contributed by atoms with Crippen molar-refractivity contribution in [1.82, 2.24) is 19.2 Å². The lowest BCUT2D eigenvalue weighted by molar-refractivity contribution is 0.257. The molecule has 1 aromatic heterocycles. The first-order chi connectivity index (χ1) is 11.4. The lowest BCUT2D eigenvalue weighted by Crippen LogP contribution is -2.49. The predicted octanol–water partition coefficient (Wildman–Crippen LogP) is 1.07. The van der Waals surface area contributed by atoms with Crippen molar-refractivity contribution in [2.75, 3.05) is 26.7 Å². The second-order valence-corrected chi connectivity index (χ2v) is 7.75. The number of benzene rings is 1. The van der Waals surface area contributed by atoms with Crippen LogP contribution in [0.4, 0.5) is 0 Å². The summed E-state index contributed by atoms with van der Waals surface area (Å²) in [5, 5.41) is 3.25. The number of sulfonamides is 1. The van der Waals surface area contributed by atoms with Gasteiger partial charge >= 0.3 is 0 Å². The number of nitrogens with zero attached hydrogens (tertiary/aromatic N) is 3. The van der Waals surface area contributed by atoms with E-state index < -0.39 is 10.0 Å². The van der Waals surface area contributed by atoms with Crippen LogP contribution in [0.5, 0.6) is 5.75 Å². The van der Waals surface area contributed by atoms with Crippen LogP contribution in [0.1, 0.15) is 17.4 Å². The smallest absolute Gasteiger partial charge is 0.247 e. The molecule has 24 heavy (non-hydrogen) atoms. The van der Waals surface area contributed by atoms with E-state index in [0.717, 1.165) is 11.4 Å². The molecule has 1 aliphatic heterocycles. The molecule has 1 N–H and O–H groups in total. The fourth-order valence-electron chi connectivity index (χ4n) is 3.00. The molecule has 0 aliphatic carbocycles. The third kappa shape index (κ3) is 2.92. The van der Waals surface area contributed by atoms with Gasteiger partial charge in [0.1, 0.15) is 16.5 Å². The van der Waals surface area contributed by atoms with Crippen molar-refractivity contribution >= 4 is 10.0 Å². The molecule has 2 heterocycles. The van der Waals surface area contributed by atoms with Gasteiger partial charge in [0.2, 0.25) is 10.0 Å². The number of rotatable bonds is 4. The van der Waals surface area contributed by atoms with Gasteiger partial charge in [0, 0.05) is 39.1 Å². The highest BCUT2D eigenvalue weighted by Gasteiger charge is 2.37. The van der Waals surface area contributed by atoms with Crippen molar-refractivity contribution < 1.29 is 13.2 Å². The van der Waals surface area contributed by atoms with E-state index in [9.17, 15) is 8.42 Å². The molecule has 8 heteroatoms. The highest BCUT2D eigenvalue weighted by atomic mass is 32.2. The van der Waals surface area contributed by atoms with Crippen LogP contribution in [0.2, 0.25) is 0 Å². The summed E-state index contributed by atoms with van der Waals surface area (Å²) in [5.74, 6) is 1.08. The molecule has 7 nitrogen and oxygen atoms in total. The molecule has 3 rings (SSSR count). The molecule has 0 spiro atoms. The number of aromatic nitrogens is 2. The minimum absolute atomic E-state index is 0.200. The van der Waals surface area contributed by atoms with E-state index in [1.165, 1.54) is 11.4 Å². The van der Waals surface area contributed by atoms with Gasteiger partial charge in [-0.3, -0.25) is 0 Å². The van der Waals surface area contributed by atoms with Gasteiger partial charge in [-0.1, -0.05) is 6.07 Å². The molecular weight excluding hydrogens is 328 g/mol. The molecular formula is C16H22N4O3S. The monoisotopic (exact) mass is 350 g/mol. The Morgan fingerprint density at radius 3 is 2.83 bits per heavy atom. The largest absolute Gasteiger partial charge is 0.495 e. The maximum Gasteiger partial charge on any atom is 0.247 e. The maximum absolute atomic E-state index is 13.3. The SMILES string of the molecule is COc1ccc(C)cc1S(=O)(=O)N1CCNCC1c1nccn1C. The minimum Gasteiger partial charge on any atom is -0.495 e. The lowest BCUT2D eigenvalue weighted by Gasteiger charge is -2.35. The average Bonchev–Trinajstić information content (AvgIpc) is 3.00. The first-order valence-corrected chi connectivity index (χ1v) is 9.23. The van der Waals surface area contributed by atoms with Crippen LogP contribution in [0, 0.1) is 6.92 Å². The molecule has 2 aromatic rings. The zero-order valence-corrected chi connectivity index (χ0v) is 14.9. The van der Waals surface area contributed by atoms with Crippen LogP contribution < -0.4 is 10.1 Å². The maximum atomic E-state index is 13.3. The molecule has 0 radical (unpaired) electrons. The van der Waals surface area contributed by atoms with Gasteiger partial charge in [-0.25, -0.2) is 13.4 Å². The van der Waals surface area contributed by atoms with Crippen LogP contribution in [0.25, 0.3) is 0 Å². The zero-order chi connectivity index (χ0) is 17.3. The van der Waals surface area contributed by atoms with Gasteiger partial charge in [-0.15, -0.1) is 0 Å². The standard InChI is InChI=1S/C16H22N4O3S/c1-12-4-5-14(23-3)15(10-12)24(21,22)20-9-6-17-11-13(20)16-18-7-8-19(16)2/h4-5,7-8,10,13,17H,6,9,11H2,1-3H3. The van der Waals surface area contributed by atoms with Crippen LogP contribution in [-0.2, 0) is 17.1 Å². The molecule has 0 saturated carbocycles. The number of aryl methyl sites for hydroxylation is 2. The molecule has 1 aliphatic rings.